The third kappa shape index (κ3) is 5.26. The number of Topliss-reactive ketones (excluding diaryl/α,β-unsaturated/α-hetero) is 1. The van der Waals surface area contributed by atoms with Crippen LogP contribution in [0.3, 0.4) is 0 Å². The molecule has 2 aromatic carbocycles. The number of fused-ring (bicyclic) bond motifs is 1. The molecular formula is C24H26FN3O3S. The average Bonchev–Trinajstić information content (AvgIpc) is 2.82. The Morgan fingerprint density at radius 3 is 2.59 bits per heavy atom. The Morgan fingerprint density at radius 1 is 1.12 bits per heavy atom. The van der Waals surface area contributed by atoms with Gasteiger partial charge in [0, 0.05) is 31.7 Å². The molecule has 1 saturated heterocycles. The molecule has 1 fully saturated rings. The zero-order valence-corrected chi connectivity index (χ0v) is 18.8. The van der Waals surface area contributed by atoms with Crippen LogP contribution in [-0.4, -0.2) is 58.3 Å². The number of carbonyl (C=O) groups excluding carboxylic acids is 1. The maximum atomic E-state index is 13.2. The third-order valence-electron chi connectivity index (χ3n) is 5.57. The van der Waals surface area contributed by atoms with Crippen LogP contribution in [0.2, 0.25) is 0 Å². The van der Waals surface area contributed by atoms with E-state index in [2.05, 4.69) is 4.90 Å². The largest absolute Gasteiger partial charge is 0.379 e. The number of halogens is 1. The van der Waals surface area contributed by atoms with Crippen LogP contribution in [0.5, 0.6) is 0 Å². The van der Waals surface area contributed by atoms with E-state index in [1.807, 2.05) is 18.2 Å². The number of para-hydroxylation sites is 1. The molecule has 0 bridgehead atoms. The lowest BCUT2D eigenvalue weighted by atomic mass is 10.1. The van der Waals surface area contributed by atoms with Gasteiger partial charge in [-0.3, -0.25) is 19.1 Å². The highest BCUT2D eigenvalue weighted by Crippen LogP contribution is 2.25. The van der Waals surface area contributed by atoms with E-state index in [0.717, 1.165) is 39.3 Å². The van der Waals surface area contributed by atoms with Gasteiger partial charge in [-0.15, -0.1) is 0 Å². The quantitative estimate of drug-likeness (QED) is 0.294. The molecule has 1 aliphatic heterocycles. The van der Waals surface area contributed by atoms with E-state index < -0.39 is 5.25 Å². The predicted octanol–water partition coefficient (Wildman–Crippen LogP) is 3.62. The van der Waals surface area contributed by atoms with Gasteiger partial charge in [0.05, 0.1) is 29.4 Å². The lowest BCUT2D eigenvalue weighted by molar-refractivity contribution is 0.0368. The van der Waals surface area contributed by atoms with E-state index in [-0.39, 0.29) is 17.2 Å². The SMILES string of the molecule is C[C@@H](Sc1nc2ccccc2c(=O)n1CCCN1CCOCC1)C(=O)c1ccc(F)cc1. The van der Waals surface area contributed by atoms with Crippen molar-refractivity contribution in [1.29, 1.82) is 0 Å². The molecule has 0 radical (unpaired) electrons. The molecule has 6 nitrogen and oxygen atoms in total. The molecule has 1 aromatic heterocycles. The Kier molecular flexibility index (Phi) is 7.34. The molecule has 3 aromatic rings. The summed E-state index contributed by atoms with van der Waals surface area (Å²) >= 11 is 1.27. The standard InChI is InChI=1S/C24H26FN3O3S/c1-17(22(29)18-7-9-19(25)10-8-18)32-24-26-21-6-3-2-5-20(21)23(30)28(24)12-4-11-27-13-15-31-16-14-27/h2-3,5-10,17H,4,11-16H2,1H3/t17-/m1/s1. The summed E-state index contributed by atoms with van der Waals surface area (Å²) in [4.78, 5) is 33.1. The van der Waals surface area contributed by atoms with Crippen LogP contribution in [0.15, 0.2) is 58.5 Å². The number of aromatic nitrogens is 2. The Labute approximate surface area is 190 Å². The summed E-state index contributed by atoms with van der Waals surface area (Å²) in [7, 11) is 0. The molecule has 2 heterocycles. The molecule has 1 atom stereocenters. The van der Waals surface area contributed by atoms with Crippen LogP contribution in [-0.2, 0) is 11.3 Å². The summed E-state index contributed by atoms with van der Waals surface area (Å²) in [5.41, 5.74) is 0.959. The minimum absolute atomic E-state index is 0.0958. The molecular weight excluding hydrogens is 429 g/mol. The molecule has 1 aliphatic rings. The van der Waals surface area contributed by atoms with Crippen molar-refractivity contribution in [2.45, 2.75) is 30.3 Å². The van der Waals surface area contributed by atoms with Crippen molar-refractivity contribution in [3.05, 3.63) is 70.3 Å². The minimum atomic E-state index is -0.473. The van der Waals surface area contributed by atoms with Gasteiger partial charge in [0.1, 0.15) is 5.82 Å². The van der Waals surface area contributed by atoms with Gasteiger partial charge in [0.2, 0.25) is 0 Å². The fourth-order valence-corrected chi connectivity index (χ4v) is 4.78. The summed E-state index contributed by atoms with van der Waals surface area (Å²) in [6.07, 6.45) is 0.799. The zero-order chi connectivity index (χ0) is 22.5. The van der Waals surface area contributed by atoms with E-state index >= 15 is 0 Å². The molecule has 0 unspecified atom stereocenters. The molecule has 0 N–H and O–H groups in total. The summed E-state index contributed by atoms with van der Waals surface area (Å²) in [5, 5.41) is 0.624. The number of morpholine rings is 1. The maximum Gasteiger partial charge on any atom is 0.262 e. The van der Waals surface area contributed by atoms with Crippen LogP contribution in [0, 0.1) is 5.82 Å². The van der Waals surface area contributed by atoms with Crippen LogP contribution in [0.25, 0.3) is 10.9 Å². The van der Waals surface area contributed by atoms with Crippen LogP contribution in [0.1, 0.15) is 23.7 Å². The van der Waals surface area contributed by atoms with Gasteiger partial charge >= 0.3 is 0 Å². The second kappa shape index (κ2) is 10.4. The highest BCUT2D eigenvalue weighted by Gasteiger charge is 2.21. The smallest absolute Gasteiger partial charge is 0.262 e. The van der Waals surface area contributed by atoms with Gasteiger partial charge in [-0.25, -0.2) is 9.37 Å². The Bertz CT molecular complexity index is 1140. The van der Waals surface area contributed by atoms with Gasteiger partial charge in [0.25, 0.3) is 5.56 Å². The number of hydrogen-bond donors (Lipinski definition) is 0. The number of ether oxygens (including phenoxy) is 1. The lowest BCUT2D eigenvalue weighted by Gasteiger charge is -2.26. The van der Waals surface area contributed by atoms with E-state index in [1.54, 1.807) is 17.6 Å². The average molecular weight is 456 g/mol. The Morgan fingerprint density at radius 2 is 1.84 bits per heavy atom. The van der Waals surface area contributed by atoms with Gasteiger partial charge in [-0.05, 0) is 49.7 Å². The van der Waals surface area contributed by atoms with E-state index in [1.165, 1.54) is 36.0 Å². The summed E-state index contributed by atoms with van der Waals surface area (Å²) in [6, 6.07) is 12.8. The zero-order valence-electron chi connectivity index (χ0n) is 18.0. The van der Waals surface area contributed by atoms with Crippen molar-refractivity contribution in [3.63, 3.8) is 0 Å². The summed E-state index contributed by atoms with van der Waals surface area (Å²) in [6.45, 7) is 6.45. The Hall–Kier alpha value is -2.55. The number of hydrogen-bond acceptors (Lipinski definition) is 6. The molecule has 4 rings (SSSR count). The molecule has 0 spiro atoms. The maximum absolute atomic E-state index is 13.2. The highest BCUT2D eigenvalue weighted by molar-refractivity contribution is 8.00. The first kappa shape index (κ1) is 22.6. The van der Waals surface area contributed by atoms with E-state index in [4.69, 9.17) is 9.72 Å². The Balaban J connectivity index is 1.56. The number of ketones is 1. The van der Waals surface area contributed by atoms with Crippen LogP contribution < -0.4 is 5.56 Å². The molecule has 32 heavy (non-hydrogen) atoms. The highest BCUT2D eigenvalue weighted by atomic mass is 32.2. The van der Waals surface area contributed by atoms with Gasteiger partial charge < -0.3 is 4.74 Å². The van der Waals surface area contributed by atoms with Crippen molar-refractivity contribution in [2.75, 3.05) is 32.8 Å². The van der Waals surface area contributed by atoms with Crippen molar-refractivity contribution in [2.24, 2.45) is 0 Å². The van der Waals surface area contributed by atoms with Crippen molar-refractivity contribution < 1.29 is 13.9 Å². The van der Waals surface area contributed by atoms with Gasteiger partial charge in [-0.2, -0.15) is 0 Å². The first-order chi connectivity index (χ1) is 15.5. The van der Waals surface area contributed by atoms with Gasteiger partial charge in [0.15, 0.2) is 10.9 Å². The molecule has 8 heteroatoms. The second-order valence-corrected chi connectivity index (χ2v) is 9.12. The minimum Gasteiger partial charge on any atom is -0.379 e. The predicted molar refractivity (Wildman–Crippen MR) is 124 cm³/mol. The number of carbonyl (C=O) groups is 1. The first-order valence-electron chi connectivity index (χ1n) is 10.8. The topological polar surface area (TPSA) is 64.4 Å². The normalized spacial score (nSPS) is 15.7. The monoisotopic (exact) mass is 455 g/mol. The molecule has 0 aliphatic carbocycles. The fourth-order valence-electron chi connectivity index (χ4n) is 3.77. The third-order valence-corrected chi connectivity index (χ3v) is 6.66. The number of benzene rings is 2. The van der Waals surface area contributed by atoms with E-state index in [9.17, 15) is 14.0 Å². The van der Waals surface area contributed by atoms with Crippen LogP contribution >= 0.6 is 11.8 Å². The first-order valence-corrected chi connectivity index (χ1v) is 11.7. The fraction of sp³-hybridized carbons (Fsp3) is 0.375. The number of nitrogens with zero attached hydrogens (tertiary/aromatic N) is 3. The summed E-state index contributed by atoms with van der Waals surface area (Å²) < 4.78 is 20.3. The van der Waals surface area contributed by atoms with E-state index in [0.29, 0.717) is 28.2 Å². The lowest BCUT2D eigenvalue weighted by Crippen LogP contribution is -2.37. The molecule has 0 saturated carbocycles. The van der Waals surface area contributed by atoms with Crippen LogP contribution in [0.4, 0.5) is 4.39 Å². The number of rotatable bonds is 8. The number of thioether (sulfide) groups is 1. The van der Waals surface area contributed by atoms with Crippen molar-refractivity contribution in [1.82, 2.24) is 14.5 Å². The van der Waals surface area contributed by atoms with Crippen molar-refractivity contribution >= 4 is 28.4 Å². The molecule has 168 valence electrons. The summed E-state index contributed by atoms with van der Waals surface area (Å²) in [5.74, 6) is -0.510. The molecule has 0 amide bonds. The van der Waals surface area contributed by atoms with Crippen molar-refractivity contribution in [3.8, 4) is 0 Å². The van der Waals surface area contributed by atoms with Gasteiger partial charge in [-0.1, -0.05) is 23.9 Å². The second-order valence-electron chi connectivity index (χ2n) is 7.81.